The number of ether oxygens (including phenoxy) is 1. The van der Waals surface area contributed by atoms with Gasteiger partial charge in [0.05, 0.1) is 31.9 Å². The molecular weight excluding hydrogens is 270 g/mol. The summed E-state index contributed by atoms with van der Waals surface area (Å²) in [7, 11) is 0. The largest absolute Gasteiger partial charge is 0.394 e. The van der Waals surface area contributed by atoms with Gasteiger partial charge in [0, 0.05) is 18.8 Å². The lowest BCUT2D eigenvalue weighted by atomic mass is 10.2. The number of para-hydroxylation sites is 1. The number of anilines is 1. The van der Waals surface area contributed by atoms with E-state index in [1.807, 2.05) is 41.3 Å². The maximum atomic E-state index is 12.4. The average molecular weight is 289 g/mol. The standard InChI is InChI=1S/C15H19N3O3/c16-6-7-18(13-4-2-1-3-5-13)15(20)11-17-8-9-21-14(10-17)12-19/h1-5,14,19H,7-12H2. The maximum Gasteiger partial charge on any atom is 0.242 e. The van der Waals surface area contributed by atoms with Crippen LogP contribution in [-0.4, -0.2) is 61.4 Å². The molecule has 1 aromatic carbocycles. The van der Waals surface area contributed by atoms with E-state index in [-0.39, 0.29) is 31.7 Å². The second-order valence-corrected chi connectivity index (χ2v) is 4.88. The van der Waals surface area contributed by atoms with Crippen molar-refractivity contribution in [3.05, 3.63) is 30.3 Å². The Bertz CT molecular complexity index is 501. The second-order valence-electron chi connectivity index (χ2n) is 4.88. The molecule has 2 rings (SSSR count). The van der Waals surface area contributed by atoms with E-state index in [1.54, 1.807) is 0 Å². The van der Waals surface area contributed by atoms with Gasteiger partial charge in [-0.3, -0.25) is 14.6 Å². The zero-order valence-corrected chi connectivity index (χ0v) is 11.8. The Morgan fingerprint density at radius 1 is 1.48 bits per heavy atom. The van der Waals surface area contributed by atoms with Crippen molar-refractivity contribution < 1.29 is 14.6 Å². The lowest BCUT2D eigenvalue weighted by molar-refractivity contribution is -0.122. The van der Waals surface area contributed by atoms with Crippen LogP contribution < -0.4 is 4.90 Å². The third kappa shape index (κ3) is 4.26. The van der Waals surface area contributed by atoms with Gasteiger partial charge < -0.3 is 9.84 Å². The molecule has 6 heteroatoms. The molecular formula is C15H19N3O3. The molecule has 0 spiro atoms. The van der Waals surface area contributed by atoms with Crippen molar-refractivity contribution in [2.45, 2.75) is 6.10 Å². The Labute approximate surface area is 124 Å². The molecule has 1 N–H and O–H groups in total. The molecule has 6 nitrogen and oxygen atoms in total. The van der Waals surface area contributed by atoms with E-state index in [2.05, 4.69) is 0 Å². The predicted molar refractivity (Wildman–Crippen MR) is 77.7 cm³/mol. The number of aliphatic hydroxyl groups excluding tert-OH is 1. The number of nitriles is 1. The van der Waals surface area contributed by atoms with Gasteiger partial charge in [-0.15, -0.1) is 0 Å². The number of morpholine rings is 1. The van der Waals surface area contributed by atoms with Crippen molar-refractivity contribution >= 4 is 11.6 Å². The quantitative estimate of drug-likeness (QED) is 0.786. The first-order valence-electron chi connectivity index (χ1n) is 6.91. The van der Waals surface area contributed by atoms with Gasteiger partial charge >= 0.3 is 0 Å². The fraction of sp³-hybridized carbons (Fsp3) is 0.467. The Kier molecular flexibility index (Phi) is 5.69. The van der Waals surface area contributed by atoms with E-state index in [0.29, 0.717) is 19.7 Å². The van der Waals surface area contributed by atoms with Gasteiger partial charge in [-0.25, -0.2) is 0 Å². The summed E-state index contributed by atoms with van der Waals surface area (Å²) < 4.78 is 5.36. The molecule has 21 heavy (non-hydrogen) atoms. The number of hydrogen-bond donors (Lipinski definition) is 1. The predicted octanol–water partition coefficient (Wildman–Crippen LogP) is 0.236. The lowest BCUT2D eigenvalue weighted by Crippen LogP contribution is -2.49. The molecule has 0 aliphatic carbocycles. The minimum atomic E-state index is -0.243. The summed E-state index contributed by atoms with van der Waals surface area (Å²) in [5.41, 5.74) is 0.719. The van der Waals surface area contributed by atoms with Gasteiger partial charge in [0.1, 0.15) is 6.54 Å². The molecule has 112 valence electrons. The zero-order chi connectivity index (χ0) is 15.1. The van der Waals surface area contributed by atoms with E-state index >= 15 is 0 Å². The number of rotatable bonds is 5. The first-order valence-corrected chi connectivity index (χ1v) is 6.91. The summed E-state index contributed by atoms with van der Waals surface area (Å²) in [6.07, 6.45) is -0.243. The zero-order valence-electron chi connectivity index (χ0n) is 11.8. The summed E-state index contributed by atoms with van der Waals surface area (Å²) >= 11 is 0. The number of carbonyl (C=O) groups excluding carboxylic acids is 1. The van der Waals surface area contributed by atoms with Crippen molar-refractivity contribution in [1.82, 2.24) is 4.90 Å². The van der Waals surface area contributed by atoms with Crippen molar-refractivity contribution in [2.75, 3.05) is 44.3 Å². The van der Waals surface area contributed by atoms with Crippen LogP contribution in [0.4, 0.5) is 5.69 Å². The summed E-state index contributed by atoms with van der Waals surface area (Å²) in [6, 6.07) is 11.2. The molecule has 1 aliphatic heterocycles. The summed E-state index contributed by atoms with van der Waals surface area (Å²) in [5, 5.41) is 18.0. The first-order chi connectivity index (χ1) is 10.2. The van der Waals surface area contributed by atoms with Crippen molar-refractivity contribution in [3.8, 4) is 6.07 Å². The highest BCUT2D eigenvalue weighted by Crippen LogP contribution is 2.14. The number of hydrogen-bond acceptors (Lipinski definition) is 5. The molecule has 0 bridgehead atoms. The number of carbonyl (C=O) groups is 1. The topological polar surface area (TPSA) is 76.8 Å². The van der Waals surface area contributed by atoms with Crippen LogP contribution in [0.1, 0.15) is 0 Å². The van der Waals surface area contributed by atoms with E-state index < -0.39 is 0 Å². The Morgan fingerprint density at radius 2 is 2.24 bits per heavy atom. The SMILES string of the molecule is N#CCN(C(=O)CN1CCOC(CO)C1)c1ccccc1. The molecule has 1 atom stereocenters. The highest BCUT2D eigenvalue weighted by Gasteiger charge is 2.24. The van der Waals surface area contributed by atoms with Crippen LogP contribution in [0.2, 0.25) is 0 Å². The molecule has 0 radical (unpaired) electrons. The van der Waals surface area contributed by atoms with E-state index in [0.717, 1.165) is 5.69 Å². The van der Waals surface area contributed by atoms with Crippen molar-refractivity contribution in [3.63, 3.8) is 0 Å². The molecule has 0 aromatic heterocycles. The van der Waals surface area contributed by atoms with Crippen LogP contribution in [0.25, 0.3) is 0 Å². The van der Waals surface area contributed by atoms with Crippen molar-refractivity contribution in [2.24, 2.45) is 0 Å². The molecule has 1 fully saturated rings. The minimum Gasteiger partial charge on any atom is -0.394 e. The Hall–Kier alpha value is -1.94. The van der Waals surface area contributed by atoms with Crippen LogP contribution in [0.15, 0.2) is 30.3 Å². The van der Waals surface area contributed by atoms with E-state index in [9.17, 15) is 4.79 Å². The van der Waals surface area contributed by atoms with Crippen LogP contribution in [0.5, 0.6) is 0 Å². The number of benzene rings is 1. The number of amides is 1. The van der Waals surface area contributed by atoms with Crippen LogP contribution in [0.3, 0.4) is 0 Å². The first kappa shape index (κ1) is 15.4. The monoisotopic (exact) mass is 289 g/mol. The summed E-state index contributed by atoms with van der Waals surface area (Å²) in [6.45, 7) is 1.87. The van der Waals surface area contributed by atoms with Gasteiger partial charge in [-0.2, -0.15) is 5.26 Å². The molecule has 1 aliphatic rings. The molecule has 1 heterocycles. The molecule has 1 saturated heterocycles. The van der Waals surface area contributed by atoms with Gasteiger partial charge in [-0.05, 0) is 12.1 Å². The molecule has 0 saturated carbocycles. The minimum absolute atomic E-state index is 0.0244. The summed E-state index contributed by atoms with van der Waals surface area (Å²) in [4.78, 5) is 15.8. The van der Waals surface area contributed by atoms with E-state index in [4.69, 9.17) is 15.1 Å². The smallest absolute Gasteiger partial charge is 0.242 e. The lowest BCUT2D eigenvalue weighted by Gasteiger charge is -2.32. The van der Waals surface area contributed by atoms with Gasteiger partial charge in [-0.1, -0.05) is 18.2 Å². The average Bonchev–Trinajstić information content (AvgIpc) is 2.53. The molecule has 1 aromatic rings. The fourth-order valence-electron chi connectivity index (χ4n) is 2.31. The molecule has 1 amide bonds. The number of aliphatic hydroxyl groups is 1. The van der Waals surface area contributed by atoms with Crippen LogP contribution in [0, 0.1) is 11.3 Å². The Balaban J connectivity index is 2.01. The highest BCUT2D eigenvalue weighted by atomic mass is 16.5. The van der Waals surface area contributed by atoms with Crippen molar-refractivity contribution in [1.29, 1.82) is 5.26 Å². The van der Waals surface area contributed by atoms with Crippen LogP contribution in [-0.2, 0) is 9.53 Å². The number of nitrogens with zero attached hydrogens (tertiary/aromatic N) is 3. The summed E-state index contributed by atoms with van der Waals surface area (Å²) in [5.74, 6) is -0.124. The van der Waals surface area contributed by atoms with Gasteiger partial charge in [0.25, 0.3) is 0 Å². The van der Waals surface area contributed by atoms with Gasteiger partial charge in [0.2, 0.25) is 5.91 Å². The fourth-order valence-corrected chi connectivity index (χ4v) is 2.31. The third-order valence-electron chi connectivity index (χ3n) is 3.38. The second kappa shape index (κ2) is 7.74. The highest BCUT2D eigenvalue weighted by molar-refractivity contribution is 5.95. The third-order valence-corrected chi connectivity index (χ3v) is 3.38. The molecule has 1 unspecified atom stereocenters. The normalized spacial score (nSPS) is 19.0. The van der Waals surface area contributed by atoms with E-state index in [1.165, 1.54) is 4.90 Å². The maximum absolute atomic E-state index is 12.4. The Morgan fingerprint density at radius 3 is 2.90 bits per heavy atom. The van der Waals surface area contributed by atoms with Crippen LogP contribution >= 0.6 is 0 Å². The van der Waals surface area contributed by atoms with Gasteiger partial charge in [0.15, 0.2) is 0 Å².